The minimum atomic E-state index is -0.750. The highest BCUT2D eigenvalue weighted by Gasteiger charge is 2.41. The molecule has 0 aromatic carbocycles. The number of hydrogen-bond acceptors (Lipinski definition) is 4. The molecule has 2 aliphatic heterocycles. The number of carbonyl (C=O) groups is 1. The van der Waals surface area contributed by atoms with Crippen LogP contribution >= 0.6 is 12.4 Å². The Morgan fingerprint density at radius 3 is 2.41 bits per heavy atom. The fraction of sp³-hybridized carbons (Fsp3) is 0.909. The highest BCUT2D eigenvalue weighted by atomic mass is 35.5. The first-order chi connectivity index (χ1) is 7.73. The fourth-order valence-corrected chi connectivity index (χ4v) is 2.50. The number of nitrogens with one attached hydrogen (secondary N) is 2. The molecule has 0 aromatic rings. The van der Waals surface area contributed by atoms with Crippen molar-refractivity contribution in [2.45, 2.75) is 37.3 Å². The zero-order valence-electron chi connectivity index (χ0n) is 9.91. The first-order valence-electron chi connectivity index (χ1n) is 6.02. The second-order valence-corrected chi connectivity index (χ2v) is 4.67. The number of hydrogen-bond donors (Lipinski definition) is 3. The quantitative estimate of drug-likeness (QED) is 0.688. The molecular formula is C11H21ClN2O3. The topological polar surface area (TPSA) is 70.6 Å². The van der Waals surface area contributed by atoms with Crippen LogP contribution in [0.1, 0.15) is 25.7 Å². The molecule has 0 amide bonds. The molecule has 0 spiro atoms. The maximum atomic E-state index is 11.4. The summed E-state index contributed by atoms with van der Waals surface area (Å²) in [6.07, 6.45) is 3.17. The molecule has 5 nitrogen and oxygen atoms in total. The van der Waals surface area contributed by atoms with Gasteiger partial charge in [-0.1, -0.05) is 0 Å². The second kappa shape index (κ2) is 6.54. The molecule has 2 heterocycles. The van der Waals surface area contributed by atoms with Crippen LogP contribution in [0.2, 0.25) is 0 Å². The second-order valence-electron chi connectivity index (χ2n) is 4.67. The lowest BCUT2D eigenvalue weighted by atomic mass is 9.88. The first kappa shape index (κ1) is 14.7. The average Bonchev–Trinajstić information content (AvgIpc) is 2.31. The summed E-state index contributed by atoms with van der Waals surface area (Å²) in [6.45, 7) is 3.04. The predicted molar refractivity (Wildman–Crippen MR) is 66.7 cm³/mol. The number of carboxylic acid groups (broad SMARTS) is 1. The van der Waals surface area contributed by atoms with Gasteiger partial charge in [0.05, 0.1) is 0 Å². The summed E-state index contributed by atoms with van der Waals surface area (Å²) in [7, 11) is 0. The van der Waals surface area contributed by atoms with Crippen molar-refractivity contribution in [3.8, 4) is 0 Å². The average molecular weight is 265 g/mol. The number of carboxylic acids is 1. The summed E-state index contributed by atoms with van der Waals surface area (Å²) in [5, 5.41) is 16.0. The van der Waals surface area contributed by atoms with Gasteiger partial charge in [-0.2, -0.15) is 0 Å². The third-order valence-electron chi connectivity index (χ3n) is 3.58. The standard InChI is InChI=1S/C11H20N2O3.ClH/c14-10(15)11(3-7-16-8-4-11)13-9-1-5-12-6-2-9;/h9,12-13H,1-8H2,(H,14,15);1H. The number of aliphatic carboxylic acids is 1. The molecule has 0 aromatic heterocycles. The summed E-state index contributed by atoms with van der Waals surface area (Å²) in [5.74, 6) is -0.727. The van der Waals surface area contributed by atoms with E-state index < -0.39 is 11.5 Å². The third-order valence-corrected chi connectivity index (χ3v) is 3.58. The summed E-state index contributed by atoms with van der Waals surface area (Å²) in [5.41, 5.74) is -0.750. The Balaban J connectivity index is 0.00000144. The molecule has 0 atom stereocenters. The van der Waals surface area contributed by atoms with Gasteiger partial charge in [0.15, 0.2) is 0 Å². The van der Waals surface area contributed by atoms with Gasteiger partial charge in [0.1, 0.15) is 5.54 Å². The lowest BCUT2D eigenvalue weighted by molar-refractivity contribution is -0.149. The van der Waals surface area contributed by atoms with E-state index in [1.165, 1.54) is 0 Å². The van der Waals surface area contributed by atoms with Gasteiger partial charge < -0.3 is 15.2 Å². The Hall–Kier alpha value is -0.360. The van der Waals surface area contributed by atoms with E-state index >= 15 is 0 Å². The van der Waals surface area contributed by atoms with Crippen molar-refractivity contribution in [3.63, 3.8) is 0 Å². The highest BCUT2D eigenvalue weighted by molar-refractivity contribution is 5.85. The largest absolute Gasteiger partial charge is 0.480 e. The van der Waals surface area contributed by atoms with Crippen molar-refractivity contribution in [2.24, 2.45) is 0 Å². The van der Waals surface area contributed by atoms with Crippen LogP contribution in [0.25, 0.3) is 0 Å². The Kier molecular flexibility index (Phi) is 5.66. The number of piperidine rings is 1. The van der Waals surface area contributed by atoms with Crippen LogP contribution in [0.3, 0.4) is 0 Å². The molecule has 6 heteroatoms. The highest BCUT2D eigenvalue weighted by Crippen LogP contribution is 2.23. The van der Waals surface area contributed by atoms with E-state index in [4.69, 9.17) is 4.74 Å². The minimum Gasteiger partial charge on any atom is -0.480 e. The summed E-state index contributed by atoms with van der Waals surface area (Å²) in [6, 6.07) is 0.329. The van der Waals surface area contributed by atoms with Gasteiger partial charge in [-0.15, -0.1) is 12.4 Å². The van der Waals surface area contributed by atoms with Crippen molar-refractivity contribution < 1.29 is 14.6 Å². The Morgan fingerprint density at radius 1 is 1.29 bits per heavy atom. The fourth-order valence-electron chi connectivity index (χ4n) is 2.50. The molecule has 2 rings (SSSR count). The van der Waals surface area contributed by atoms with Crippen molar-refractivity contribution in [1.82, 2.24) is 10.6 Å². The molecule has 100 valence electrons. The van der Waals surface area contributed by atoms with Gasteiger partial charge in [0.2, 0.25) is 0 Å². The van der Waals surface area contributed by atoms with Crippen LogP contribution < -0.4 is 10.6 Å². The lowest BCUT2D eigenvalue weighted by Gasteiger charge is -2.38. The monoisotopic (exact) mass is 264 g/mol. The third kappa shape index (κ3) is 3.55. The summed E-state index contributed by atoms with van der Waals surface area (Å²) >= 11 is 0. The molecule has 0 aliphatic carbocycles. The Morgan fingerprint density at radius 2 is 1.88 bits per heavy atom. The molecule has 0 radical (unpaired) electrons. The van der Waals surface area contributed by atoms with Crippen molar-refractivity contribution in [1.29, 1.82) is 0 Å². The van der Waals surface area contributed by atoms with E-state index in [1.807, 2.05) is 0 Å². The van der Waals surface area contributed by atoms with Crippen molar-refractivity contribution >= 4 is 18.4 Å². The molecular weight excluding hydrogens is 244 g/mol. The van der Waals surface area contributed by atoms with Gasteiger partial charge >= 0.3 is 5.97 Å². The number of ether oxygens (including phenoxy) is 1. The molecule has 2 saturated heterocycles. The van der Waals surface area contributed by atoms with E-state index in [9.17, 15) is 9.90 Å². The maximum Gasteiger partial charge on any atom is 0.324 e. The van der Waals surface area contributed by atoms with Gasteiger partial charge in [0, 0.05) is 19.3 Å². The molecule has 0 unspecified atom stereocenters. The van der Waals surface area contributed by atoms with E-state index in [0.29, 0.717) is 32.1 Å². The SMILES string of the molecule is Cl.O=C(O)C1(NC2CCNCC2)CCOCC1. The minimum absolute atomic E-state index is 0. The van der Waals surface area contributed by atoms with Crippen LogP contribution in [0, 0.1) is 0 Å². The Bertz CT molecular complexity index is 251. The van der Waals surface area contributed by atoms with Gasteiger partial charge in [-0.25, -0.2) is 0 Å². The summed E-state index contributed by atoms with van der Waals surface area (Å²) in [4.78, 5) is 11.4. The normalized spacial score (nSPS) is 24.9. The van der Waals surface area contributed by atoms with E-state index in [2.05, 4.69) is 10.6 Å². The van der Waals surface area contributed by atoms with Crippen LogP contribution in [0.15, 0.2) is 0 Å². The molecule has 2 fully saturated rings. The number of halogens is 1. The van der Waals surface area contributed by atoms with Crippen LogP contribution in [0.4, 0.5) is 0 Å². The molecule has 17 heavy (non-hydrogen) atoms. The van der Waals surface area contributed by atoms with Crippen molar-refractivity contribution in [2.75, 3.05) is 26.3 Å². The van der Waals surface area contributed by atoms with Gasteiger partial charge in [-0.3, -0.25) is 10.1 Å². The van der Waals surface area contributed by atoms with Crippen LogP contribution in [0.5, 0.6) is 0 Å². The smallest absolute Gasteiger partial charge is 0.324 e. The van der Waals surface area contributed by atoms with E-state index in [0.717, 1.165) is 25.9 Å². The molecule has 0 bridgehead atoms. The van der Waals surface area contributed by atoms with Gasteiger partial charge in [0.25, 0.3) is 0 Å². The zero-order chi connectivity index (χ0) is 11.4. The van der Waals surface area contributed by atoms with E-state index in [-0.39, 0.29) is 12.4 Å². The lowest BCUT2D eigenvalue weighted by Crippen LogP contribution is -2.60. The predicted octanol–water partition coefficient (Wildman–Crippen LogP) is 0.384. The summed E-state index contributed by atoms with van der Waals surface area (Å²) < 4.78 is 5.25. The van der Waals surface area contributed by atoms with Crippen molar-refractivity contribution in [3.05, 3.63) is 0 Å². The molecule has 3 N–H and O–H groups in total. The molecule has 0 saturated carbocycles. The van der Waals surface area contributed by atoms with Crippen LogP contribution in [-0.2, 0) is 9.53 Å². The van der Waals surface area contributed by atoms with E-state index in [1.54, 1.807) is 0 Å². The number of rotatable bonds is 3. The van der Waals surface area contributed by atoms with Crippen LogP contribution in [-0.4, -0.2) is 49.0 Å². The Labute approximate surface area is 108 Å². The van der Waals surface area contributed by atoms with Gasteiger partial charge in [-0.05, 0) is 38.8 Å². The first-order valence-corrected chi connectivity index (χ1v) is 6.02. The zero-order valence-corrected chi connectivity index (χ0v) is 10.7. The molecule has 2 aliphatic rings. The maximum absolute atomic E-state index is 11.4.